The molecule has 10 heteroatoms. The summed E-state index contributed by atoms with van der Waals surface area (Å²) in [5.74, 6) is -0.806. The molecule has 2 rings (SSSR count). The summed E-state index contributed by atoms with van der Waals surface area (Å²) in [6.07, 6.45) is 2.12. The van der Waals surface area contributed by atoms with Crippen molar-refractivity contribution >= 4 is 50.7 Å². The van der Waals surface area contributed by atoms with Crippen molar-refractivity contribution in [2.45, 2.75) is 39.3 Å². The second kappa shape index (κ2) is 12.3. The molecule has 7 nitrogen and oxygen atoms in total. The fourth-order valence-electron chi connectivity index (χ4n) is 3.32. The molecule has 0 bridgehead atoms. The van der Waals surface area contributed by atoms with Crippen LogP contribution in [-0.4, -0.2) is 50.5 Å². The number of sulfonamides is 1. The summed E-state index contributed by atoms with van der Waals surface area (Å²) in [6.45, 7) is 3.85. The van der Waals surface area contributed by atoms with Crippen LogP contribution in [0.15, 0.2) is 48.5 Å². The number of para-hydroxylation sites is 1. The third kappa shape index (κ3) is 7.62. The molecule has 0 aliphatic heterocycles. The predicted octanol–water partition coefficient (Wildman–Crippen LogP) is 4.09. The third-order valence-corrected chi connectivity index (χ3v) is 6.70. The number of carbonyl (C=O) groups excluding carboxylic acids is 2. The van der Waals surface area contributed by atoms with E-state index in [1.54, 1.807) is 49.4 Å². The van der Waals surface area contributed by atoms with Crippen molar-refractivity contribution < 1.29 is 18.0 Å². The van der Waals surface area contributed by atoms with Crippen molar-refractivity contribution in [3.63, 3.8) is 0 Å². The molecular weight excluding hydrogens is 485 g/mol. The number of benzene rings is 2. The van der Waals surface area contributed by atoms with E-state index in [2.05, 4.69) is 5.32 Å². The Morgan fingerprint density at radius 1 is 1.03 bits per heavy atom. The van der Waals surface area contributed by atoms with Crippen LogP contribution < -0.4 is 9.62 Å². The molecule has 1 N–H and O–H groups in total. The maximum atomic E-state index is 13.5. The zero-order valence-electron chi connectivity index (χ0n) is 18.9. The minimum Gasteiger partial charge on any atom is -0.354 e. The van der Waals surface area contributed by atoms with Gasteiger partial charge in [-0.05, 0) is 42.7 Å². The first-order chi connectivity index (χ1) is 15.6. The molecular formula is C23H29Cl2N3O4S. The van der Waals surface area contributed by atoms with Crippen LogP contribution >= 0.6 is 23.2 Å². The van der Waals surface area contributed by atoms with Crippen LogP contribution in [0.3, 0.4) is 0 Å². The number of halogens is 2. The van der Waals surface area contributed by atoms with Gasteiger partial charge in [0.25, 0.3) is 0 Å². The number of amides is 2. The van der Waals surface area contributed by atoms with Crippen LogP contribution in [-0.2, 0) is 26.2 Å². The van der Waals surface area contributed by atoms with Gasteiger partial charge in [0.15, 0.2) is 0 Å². The normalized spacial score (nSPS) is 12.2. The van der Waals surface area contributed by atoms with Crippen LogP contribution in [0.1, 0.15) is 32.3 Å². The molecule has 0 radical (unpaired) electrons. The minimum absolute atomic E-state index is 0.119. The lowest BCUT2D eigenvalue weighted by molar-refractivity contribution is -0.140. The van der Waals surface area contributed by atoms with Gasteiger partial charge in [0, 0.05) is 18.1 Å². The number of hydrogen-bond acceptors (Lipinski definition) is 4. The van der Waals surface area contributed by atoms with Crippen LogP contribution in [0.2, 0.25) is 10.0 Å². The lowest BCUT2D eigenvalue weighted by Crippen LogP contribution is -2.52. The third-order valence-electron chi connectivity index (χ3n) is 5.00. The van der Waals surface area contributed by atoms with Crippen LogP contribution in [0, 0.1) is 0 Å². The van der Waals surface area contributed by atoms with E-state index in [1.165, 1.54) is 11.0 Å². The van der Waals surface area contributed by atoms with Crippen molar-refractivity contribution in [1.29, 1.82) is 0 Å². The van der Waals surface area contributed by atoms with Crippen LogP contribution in [0.5, 0.6) is 0 Å². The number of rotatable bonds is 11. The Labute approximate surface area is 205 Å². The lowest BCUT2D eigenvalue weighted by Gasteiger charge is -2.33. The summed E-state index contributed by atoms with van der Waals surface area (Å²) < 4.78 is 26.1. The molecule has 2 aromatic carbocycles. The van der Waals surface area contributed by atoms with Gasteiger partial charge in [0.05, 0.1) is 17.0 Å². The monoisotopic (exact) mass is 513 g/mol. The molecule has 0 aliphatic carbocycles. The van der Waals surface area contributed by atoms with Gasteiger partial charge in [-0.3, -0.25) is 13.9 Å². The highest BCUT2D eigenvalue weighted by Crippen LogP contribution is 2.27. The summed E-state index contributed by atoms with van der Waals surface area (Å²) in [4.78, 5) is 27.8. The van der Waals surface area contributed by atoms with E-state index in [1.807, 2.05) is 6.92 Å². The molecule has 0 aliphatic rings. The first kappa shape index (κ1) is 27.0. The number of nitrogens with zero attached hydrogens (tertiary/aromatic N) is 2. The number of hydrogen-bond donors (Lipinski definition) is 1. The zero-order chi connectivity index (χ0) is 24.6. The molecule has 0 saturated heterocycles. The SMILES string of the molecule is CCCNC(=O)[C@H](CC)N(Cc1ccc(Cl)cc1)C(=O)CN(c1ccccc1Cl)S(C)(=O)=O. The molecule has 0 saturated carbocycles. The van der Waals surface area contributed by atoms with Crippen molar-refractivity contribution in [1.82, 2.24) is 10.2 Å². The second-order valence-corrected chi connectivity index (χ2v) is 10.3. The Morgan fingerprint density at radius 3 is 2.21 bits per heavy atom. The van der Waals surface area contributed by atoms with Crippen LogP contribution in [0.4, 0.5) is 5.69 Å². The average molecular weight is 514 g/mol. The Morgan fingerprint density at radius 2 is 1.67 bits per heavy atom. The van der Waals surface area contributed by atoms with Gasteiger partial charge < -0.3 is 10.2 Å². The molecule has 180 valence electrons. The van der Waals surface area contributed by atoms with Gasteiger partial charge in [0.1, 0.15) is 12.6 Å². The van der Waals surface area contributed by atoms with E-state index in [4.69, 9.17) is 23.2 Å². The van der Waals surface area contributed by atoms with E-state index in [0.29, 0.717) is 18.0 Å². The van der Waals surface area contributed by atoms with Gasteiger partial charge in [-0.15, -0.1) is 0 Å². The summed E-state index contributed by atoms with van der Waals surface area (Å²) in [5, 5.41) is 3.58. The molecule has 0 heterocycles. The highest BCUT2D eigenvalue weighted by molar-refractivity contribution is 7.92. The Balaban J connectivity index is 2.42. The topological polar surface area (TPSA) is 86.8 Å². The van der Waals surface area contributed by atoms with Gasteiger partial charge in [-0.1, -0.05) is 61.3 Å². The first-order valence-corrected chi connectivity index (χ1v) is 13.2. The Kier molecular flexibility index (Phi) is 10.0. The van der Waals surface area contributed by atoms with Crippen molar-refractivity contribution in [2.75, 3.05) is 23.7 Å². The van der Waals surface area contributed by atoms with Gasteiger partial charge in [-0.2, -0.15) is 0 Å². The minimum atomic E-state index is -3.83. The Bertz CT molecular complexity index is 1060. The molecule has 1 atom stereocenters. The number of carbonyl (C=O) groups is 2. The summed E-state index contributed by atoms with van der Waals surface area (Å²) >= 11 is 12.2. The fourth-order valence-corrected chi connectivity index (χ4v) is 4.60. The largest absolute Gasteiger partial charge is 0.354 e. The predicted molar refractivity (Wildman–Crippen MR) is 133 cm³/mol. The average Bonchev–Trinajstić information content (AvgIpc) is 2.77. The quantitative estimate of drug-likeness (QED) is 0.490. The number of nitrogens with one attached hydrogen (secondary N) is 1. The first-order valence-electron chi connectivity index (χ1n) is 10.6. The molecule has 2 amide bonds. The molecule has 0 fully saturated rings. The van der Waals surface area contributed by atoms with Crippen molar-refractivity contribution in [3.05, 3.63) is 64.1 Å². The van der Waals surface area contributed by atoms with E-state index < -0.39 is 28.5 Å². The molecule has 33 heavy (non-hydrogen) atoms. The zero-order valence-corrected chi connectivity index (χ0v) is 21.3. The Hall–Kier alpha value is -2.29. The molecule has 0 unspecified atom stereocenters. The van der Waals surface area contributed by atoms with E-state index in [-0.39, 0.29) is 23.2 Å². The molecule has 0 aromatic heterocycles. The smallest absolute Gasteiger partial charge is 0.244 e. The standard InChI is InChI=1S/C23H29Cl2N3O4S/c1-4-14-26-23(30)20(5-2)27(15-17-10-12-18(24)13-11-17)22(29)16-28(33(3,31)32)21-9-7-6-8-19(21)25/h6-13,20H,4-5,14-16H2,1-3H3,(H,26,30)/t20-/m0/s1. The summed E-state index contributed by atoms with van der Waals surface area (Å²) in [5.41, 5.74) is 0.961. The van der Waals surface area contributed by atoms with Gasteiger partial charge in [-0.25, -0.2) is 8.42 Å². The van der Waals surface area contributed by atoms with Gasteiger partial charge >= 0.3 is 0 Å². The molecule has 2 aromatic rings. The lowest BCUT2D eigenvalue weighted by atomic mass is 10.1. The summed E-state index contributed by atoms with van der Waals surface area (Å²) in [7, 11) is -3.83. The maximum absolute atomic E-state index is 13.5. The maximum Gasteiger partial charge on any atom is 0.244 e. The highest BCUT2D eigenvalue weighted by atomic mass is 35.5. The van der Waals surface area contributed by atoms with Crippen molar-refractivity contribution in [3.8, 4) is 0 Å². The summed E-state index contributed by atoms with van der Waals surface area (Å²) in [6, 6.07) is 12.6. The fraction of sp³-hybridized carbons (Fsp3) is 0.391. The van der Waals surface area contributed by atoms with Gasteiger partial charge in [0.2, 0.25) is 21.8 Å². The number of anilines is 1. The highest BCUT2D eigenvalue weighted by Gasteiger charge is 2.32. The van der Waals surface area contributed by atoms with Crippen molar-refractivity contribution in [2.24, 2.45) is 0 Å². The second-order valence-electron chi connectivity index (χ2n) is 7.58. The molecule has 0 spiro atoms. The van der Waals surface area contributed by atoms with Crippen LogP contribution in [0.25, 0.3) is 0 Å². The van der Waals surface area contributed by atoms with E-state index >= 15 is 0 Å². The van der Waals surface area contributed by atoms with E-state index in [0.717, 1.165) is 22.5 Å². The van der Waals surface area contributed by atoms with E-state index in [9.17, 15) is 18.0 Å².